The molecule has 5 nitrogen and oxygen atoms in total. The van der Waals surface area contributed by atoms with Crippen LogP contribution in [0.4, 0.5) is 0 Å². The molecule has 5 heteroatoms. The van der Waals surface area contributed by atoms with E-state index >= 15 is 0 Å². The Balaban J connectivity index is 1.40. The molecule has 2 aromatic rings. The van der Waals surface area contributed by atoms with Crippen molar-refractivity contribution in [3.8, 4) is 0 Å². The predicted molar refractivity (Wildman–Crippen MR) is 98.5 cm³/mol. The van der Waals surface area contributed by atoms with E-state index in [2.05, 4.69) is 9.97 Å². The highest BCUT2D eigenvalue weighted by Gasteiger charge is 2.42. The lowest BCUT2D eigenvalue weighted by atomic mass is 9.79. The average Bonchev–Trinajstić information content (AvgIpc) is 3.12. The fourth-order valence-corrected chi connectivity index (χ4v) is 4.25. The number of carbonyl (C=O) groups is 1. The number of likely N-dealkylation sites (tertiary alicyclic amines) is 1. The minimum atomic E-state index is 0.0953. The first-order valence-electron chi connectivity index (χ1n) is 9.43. The Bertz CT molecular complexity index is 748. The quantitative estimate of drug-likeness (QED) is 0.848. The lowest BCUT2D eigenvalue weighted by Gasteiger charge is -2.32. The molecule has 3 heterocycles. The Morgan fingerprint density at radius 3 is 2.92 bits per heavy atom. The number of pyridine rings is 2. The number of hydrogen-bond donors (Lipinski definition) is 0. The number of nitrogens with zero attached hydrogens (tertiary/aromatic N) is 3. The summed E-state index contributed by atoms with van der Waals surface area (Å²) in [5.74, 6) is 1.07. The van der Waals surface area contributed by atoms with Crippen molar-refractivity contribution in [1.29, 1.82) is 0 Å². The Labute approximate surface area is 154 Å². The van der Waals surface area contributed by atoms with Crippen molar-refractivity contribution in [2.45, 2.75) is 38.9 Å². The van der Waals surface area contributed by atoms with E-state index in [0.717, 1.165) is 30.8 Å². The maximum absolute atomic E-state index is 12.8. The van der Waals surface area contributed by atoms with E-state index in [1.807, 2.05) is 42.3 Å². The number of rotatable bonds is 4. The van der Waals surface area contributed by atoms with Crippen LogP contribution in [0.1, 0.15) is 40.9 Å². The standard InChI is InChI=1S/C21H25N3O2/c1-15-7-8-17(11-23-15)21(25)24-12-18-5-2-6-20(19(18)13-24)26-14-16-4-3-9-22-10-16/h3-4,7-11,18-20H,2,5-6,12-14H2,1H3/t18-,19+,20?/m1/s1. The molecular weight excluding hydrogens is 326 g/mol. The smallest absolute Gasteiger partial charge is 0.255 e. The van der Waals surface area contributed by atoms with Gasteiger partial charge in [0, 0.05) is 43.3 Å². The number of fused-ring (bicyclic) bond motifs is 1. The summed E-state index contributed by atoms with van der Waals surface area (Å²) >= 11 is 0. The predicted octanol–water partition coefficient (Wildman–Crippen LogP) is 3.24. The van der Waals surface area contributed by atoms with Crippen LogP contribution < -0.4 is 0 Å². The van der Waals surface area contributed by atoms with Crippen LogP contribution in [0.3, 0.4) is 0 Å². The van der Waals surface area contributed by atoms with Crippen LogP contribution in [0, 0.1) is 18.8 Å². The van der Waals surface area contributed by atoms with Crippen LogP contribution in [-0.2, 0) is 11.3 Å². The van der Waals surface area contributed by atoms with E-state index in [-0.39, 0.29) is 12.0 Å². The molecule has 2 fully saturated rings. The Kier molecular flexibility index (Phi) is 4.98. The largest absolute Gasteiger partial charge is 0.373 e. The Morgan fingerprint density at radius 1 is 1.23 bits per heavy atom. The average molecular weight is 351 g/mol. The summed E-state index contributed by atoms with van der Waals surface area (Å²) in [6, 6.07) is 7.76. The van der Waals surface area contributed by atoms with E-state index in [9.17, 15) is 4.79 Å². The molecule has 136 valence electrons. The van der Waals surface area contributed by atoms with Crippen LogP contribution in [0.25, 0.3) is 0 Å². The van der Waals surface area contributed by atoms with E-state index in [4.69, 9.17) is 4.74 Å². The molecule has 26 heavy (non-hydrogen) atoms. The van der Waals surface area contributed by atoms with Crippen molar-refractivity contribution < 1.29 is 9.53 Å². The number of aromatic nitrogens is 2. The van der Waals surface area contributed by atoms with Gasteiger partial charge in [-0.05, 0) is 49.4 Å². The molecule has 0 N–H and O–H groups in total. The number of carbonyl (C=O) groups excluding carboxylic acids is 1. The third-order valence-electron chi connectivity index (χ3n) is 5.67. The molecule has 1 unspecified atom stereocenters. The zero-order valence-corrected chi connectivity index (χ0v) is 15.2. The van der Waals surface area contributed by atoms with Gasteiger partial charge in [0.15, 0.2) is 0 Å². The molecule has 1 amide bonds. The fraction of sp³-hybridized carbons (Fsp3) is 0.476. The van der Waals surface area contributed by atoms with E-state index in [1.165, 1.54) is 12.8 Å². The second-order valence-electron chi connectivity index (χ2n) is 7.46. The molecule has 1 saturated carbocycles. The molecule has 4 rings (SSSR count). The van der Waals surface area contributed by atoms with Crippen LogP contribution in [-0.4, -0.2) is 40.0 Å². The highest BCUT2D eigenvalue weighted by atomic mass is 16.5. The van der Waals surface area contributed by atoms with Gasteiger partial charge in [-0.2, -0.15) is 0 Å². The summed E-state index contributed by atoms with van der Waals surface area (Å²) in [4.78, 5) is 23.2. The maximum atomic E-state index is 12.8. The lowest BCUT2D eigenvalue weighted by molar-refractivity contribution is -0.0293. The third-order valence-corrected chi connectivity index (χ3v) is 5.67. The third kappa shape index (κ3) is 3.63. The summed E-state index contributed by atoms with van der Waals surface area (Å²) in [5.41, 5.74) is 2.72. The minimum Gasteiger partial charge on any atom is -0.373 e. The maximum Gasteiger partial charge on any atom is 0.255 e. The normalized spacial score (nSPS) is 25.1. The molecule has 0 spiro atoms. The van der Waals surface area contributed by atoms with Gasteiger partial charge in [-0.15, -0.1) is 0 Å². The van der Waals surface area contributed by atoms with Gasteiger partial charge >= 0.3 is 0 Å². The number of amides is 1. The molecule has 2 aromatic heterocycles. The molecule has 2 aliphatic rings. The molecule has 1 saturated heterocycles. The number of ether oxygens (including phenoxy) is 1. The first kappa shape index (κ1) is 17.2. The summed E-state index contributed by atoms with van der Waals surface area (Å²) in [5, 5.41) is 0. The van der Waals surface area contributed by atoms with Crippen molar-refractivity contribution in [3.63, 3.8) is 0 Å². The van der Waals surface area contributed by atoms with Crippen molar-refractivity contribution in [1.82, 2.24) is 14.9 Å². The van der Waals surface area contributed by atoms with Crippen molar-refractivity contribution in [2.75, 3.05) is 13.1 Å². The number of aryl methyl sites for hydroxylation is 1. The first-order chi connectivity index (χ1) is 12.7. The van der Waals surface area contributed by atoms with Crippen LogP contribution in [0.2, 0.25) is 0 Å². The van der Waals surface area contributed by atoms with Gasteiger partial charge in [0.25, 0.3) is 5.91 Å². The van der Waals surface area contributed by atoms with Crippen molar-refractivity contribution in [2.24, 2.45) is 11.8 Å². The zero-order valence-electron chi connectivity index (χ0n) is 15.2. The van der Waals surface area contributed by atoms with Gasteiger partial charge in [0.05, 0.1) is 18.3 Å². The van der Waals surface area contributed by atoms with Crippen LogP contribution >= 0.6 is 0 Å². The molecule has 0 bridgehead atoms. The van der Waals surface area contributed by atoms with Crippen molar-refractivity contribution in [3.05, 3.63) is 59.7 Å². The van der Waals surface area contributed by atoms with Gasteiger partial charge in [-0.3, -0.25) is 14.8 Å². The van der Waals surface area contributed by atoms with Crippen LogP contribution in [0.15, 0.2) is 42.9 Å². The van der Waals surface area contributed by atoms with Gasteiger partial charge < -0.3 is 9.64 Å². The molecule has 3 atom stereocenters. The van der Waals surface area contributed by atoms with Gasteiger partial charge in [0.1, 0.15) is 0 Å². The summed E-state index contributed by atoms with van der Waals surface area (Å²) in [6.45, 7) is 4.15. The van der Waals surface area contributed by atoms with E-state index in [1.54, 1.807) is 12.4 Å². The zero-order chi connectivity index (χ0) is 17.9. The van der Waals surface area contributed by atoms with Gasteiger partial charge in [0.2, 0.25) is 0 Å². The Hall–Kier alpha value is -2.27. The second-order valence-corrected chi connectivity index (χ2v) is 7.46. The SMILES string of the molecule is Cc1ccc(C(=O)N2C[C@H]3CCCC(OCc4cccnc4)[C@H]3C2)cn1. The highest BCUT2D eigenvalue weighted by Crippen LogP contribution is 2.38. The summed E-state index contributed by atoms with van der Waals surface area (Å²) in [7, 11) is 0. The first-order valence-corrected chi connectivity index (χ1v) is 9.43. The molecule has 1 aliphatic carbocycles. The lowest BCUT2D eigenvalue weighted by Crippen LogP contribution is -2.34. The van der Waals surface area contributed by atoms with Gasteiger partial charge in [-0.1, -0.05) is 12.5 Å². The second kappa shape index (κ2) is 7.54. The van der Waals surface area contributed by atoms with E-state index < -0.39 is 0 Å². The van der Waals surface area contributed by atoms with Gasteiger partial charge in [-0.25, -0.2) is 0 Å². The minimum absolute atomic E-state index is 0.0953. The monoisotopic (exact) mass is 351 g/mol. The number of hydrogen-bond acceptors (Lipinski definition) is 4. The molecular formula is C21H25N3O2. The molecule has 1 aliphatic heterocycles. The fourth-order valence-electron chi connectivity index (χ4n) is 4.25. The highest BCUT2D eigenvalue weighted by molar-refractivity contribution is 5.94. The summed E-state index contributed by atoms with van der Waals surface area (Å²) < 4.78 is 6.24. The molecule has 0 radical (unpaired) electrons. The van der Waals surface area contributed by atoms with Crippen LogP contribution in [0.5, 0.6) is 0 Å². The summed E-state index contributed by atoms with van der Waals surface area (Å²) in [6.07, 6.45) is 8.99. The topological polar surface area (TPSA) is 55.3 Å². The van der Waals surface area contributed by atoms with Crippen molar-refractivity contribution >= 4 is 5.91 Å². The van der Waals surface area contributed by atoms with E-state index in [0.29, 0.717) is 24.0 Å². The molecule has 0 aromatic carbocycles. The Morgan fingerprint density at radius 2 is 2.15 bits per heavy atom.